The van der Waals surface area contributed by atoms with Gasteiger partial charge in [-0.25, -0.2) is 9.18 Å². The zero-order valence-electron chi connectivity index (χ0n) is 15.5. The number of amides is 1. The molecule has 6 nitrogen and oxygen atoms in total. The third-order valence-corrected chi connectivity index (χ3v) is 4.74. The molecule has 3 rings (SSSR count). The van der Waals surface area contributed by atoms with E-state index in [9.17, 15) is 14.0 Å². The van der Waals surface area contributed by atoms with Crippen molar-refractivity contribution in [3.8, 4) is 11.5 Å². The largest absolute Gasteiger partial charge is 0.493 e. The van der Waals surface area contributed by atoms with Crippen molar-refractivity contribution in [3.05, 3.63) is 58.9 Å². The topological polar surface area (TPSA) is 84.9 Å². The standard InChI is InChI=1S/C21H22FNO5/c1-27-18-9-6-13(10-19(18)28-15-4-2-3-5-15)12-23-20(24)16-8-7-14(21(25)26)11-17(16)22/h6-11,15H,2-5,12H2,1H3,(H,23,24)(H,25,26). The summed E-state index contributed by atoms with van der Waals surface area (Å²) in [5.41, 5.74) is 0.364. The van der Waals surface area contributed by atoms with Gasteiger partial charge >= 0.3 is 5.97 Å². The number of rotatable bonds is 7. The third kappa shape index (κ3) is 4.60. The number of halogens is 1. The first kappa shape index (κ1) is 19.7. The number of nitrogens with one attached hydrogen (secondary N) is 1. The van der Waals surface area contributed by atoms with Gasteiger partial charge in [0.1, 0.15) is 5.82 Å². The Morgan fingerprint density at radius 2 is 1.89 bits per heavy atom. The van der Waals surface area contributed by atoms with Gasteiger partial charge in [-0.05, 0) is 61.6 Å². The van der Waals surface area contributed by atoms with E-state index in [2.05, 4.69) is 5.32 Å². The lowest BCUT2D eigenvalue weighted by atomic mass is 10.1. The van der Waals surface area contributed by atoms with Gasteiger partial charge in [-0.2, -0.15) is 0 Å². The maximum absolute atomic E-state index is 14.0. The van der Waals surface area contributed by atoms with Crippen molar-refractivity contribution in [2.75, 3.05) is 7.11 Å². The van der Waals surface area contributed by atoms with Crippen molar-refractivity contribution in [1.29, 1.82) is 0 Å². The zero-order chi connectivity index (χ0) is 20.1. The summed E-state index contributed by atoms with van der Waals surface area (Å²) in [6, 6.07) is 8.57. The lowest BCUT2D eigenvalue weighted by Gasteiger charge is -2.17. The summed E-state index contributed by atoms with van der Waals surface area (Å²) in [4.78, 5) is 23.1. The minimum Gasteiger partial charge on any atom is -0.493 e. The SMILES string of the molecule is COc1ccc(CNC(=O)c2ccc(C(=O)O)cc2F)cc1OC1CCCC1. The molecular formula is C21H22FNO5. The highest BCUT2D eigenvalue weighted by atomic mass is 19.1. The van der Waals surface area contributed by atoms with Crippen LogP contribution in [0.3, 0.4) is 0 Å². The number of methoxy groups -OCH3 is 1. The normalized spacial score (nSPS) is 13.9. The molecule has 0 unspecified atom stereocenters. The number of ether oxygens (including phenoxy) is 2. The zero-order valence-corrected chi connectivity index (χ0v) is 15.5. The molecule has 148 valence electrons. The fourth-order valence-electron chi connectivity index (χ4n) is 3.22. The van der Waals surface area contributed by atoms with Gasteiger partial charge in [-0.1, -0.05) is 6.07 Å². The summed E-state index contributed by atoms with van der Waals surface area (Å²) in [7, 11) is 1.57. The van der Waals surface area contributed by atoms with Crippen LogP contribution in [0.2, 0.25) is 0 Å². The van der Waals surface area contributed by atoms with E-state index in [0.717, 1.165) is 43.4 Å². The van der Waals surface area contributed by atoms with Gasteiger partial charge in [-0.15, -0.1) is 0 Å². The number of carbonyl (C=O) groups excluding carboxylic acids is 1. The first-order valence-electron chi connectivity index (χ1n) is 9.12. The Morgan fingerprint density at radius 3 is 2.54 bits per heavy atom. The van der Waals surface area contributed by atoms with Crippen LogP contribution in [0.1, 0.15) is 52.0 Å². The molecule has 1 aliphatic carbocycles. The highest BCUT2D eigenvalue weighted by molar-refractivity contribution is 5.96. The summed E-state index contributed by atoms with van der Waals surface area (Å²) in [5, 5.41) is 11.5. The quantitative estimate of drug-likeness (QED) is 0.755. The van der Waals surface area contributed by atoms with Gasteiger partial charge in [0.25, 0.3) is 5.91 Å². The molecule has 0 aromatic heterocycles. The average Bonchev–Trinajstić information content (AvgIpc) is 3.19. The molecule has 2 aromatic rings. The van der Waals surface area contributed by atoms with E-state index < -0.39 is 17.7 Å². The van der Waals surface area contributed by atoms with E-state index in [0.29, 0.717) is 11.5 Å². The number of carboxylic acid groups (broad SMARTS) is 1. The molecule has 0 saturated heterocycles. The molecule has 0 heterocycles. The van der Waals surface area contributed by atoms with Crippen LogP contribution in [-0.2, 0) is 6.54 Å². The van der Waals surface area contributed by atoms with Crippen LogP contribution >= 0.6 is 0 Å². The molecule has 0 bridgehead atoms. The van der Waals surface area contributed by atoms with Crippen LogP contribution in [0.25, 0.3) is 0 Å². The Hall–Kier alpha value is -3.09. The van der Waals surface area contributed by atoms with Crippen LogP contribution < -0.4 is 14.8 Å². The summed E-state index contributed by atoms with van der Waals surface area (Å²) >= 11 is 0. The second-order valence-electron chi connectivity index (χ2n) is 6.69. The molecule has 2 aromatic carbocycles. The molecule has 1 saturated carbocycles. The van der Waals surface area contributed by atoms with E-state index in [1.807, 2.05) is 0 Å². The van der Waals surface area contributed by atoms with Crippen LogP contribution in [0, 0.1) is 5.82 Å². The fraction of sp³-hybridized carbons (Fsp3) is 0.333. The van der Waals surface area contributed by atoms with Crippen LogP contribution in [0.15, 0.2) is 36.4 Å². The molecule has 28 heavy (non-hydrogen) atoms. The maximum Gasteiger partial charge on any atom is 0.335 e. The molecule has 2 N–H and O–H groups in total. The second kappa shape index (κ2) is 8.73. The van der Waals surface area contributed by atoms with Crippen molar-refractivity contribution >= 4 is 11.9 Å². The third-order valence-electron chi connectivity index (χ3n) is 4.74. The van der Waals surface area contributed by atoms with Crippen LogP contribution in [0.5, 0.6) is 11.5 Å². The van der Waals surface area contributed by atoms with Gasteiger partial charge in [0, 0.05) is 6.54 Å². The summed E-state index contributed by atoms with van der Waals surface area (Å²) in [6.07, 6.45) is 4.48. The Kier molecular flexibility index (Phi) is 6.13. The number of hydrogen-bond donors (Lipinski definition) is 2. The van der Waals surface area contributed by atoms with Crippen molar-refractivity contribution in [1.82, 2.24) is 5.32 Å². The Bertz CT molecular complexity index is 877. The van der Waals surface area contributed by atoms with Gasteiger partial charge < -0.3 is 19.9 Å². The molecule has 0 spiro atoms. The number of carbonyl (C=O) groups is 2. The Morgan fingerprint density at radius 1 is 1.14 bits per heavy atom. The predicted octanol–water partition coefficient (Wildman–Crippen LogP) is 3.78. The van der Waals surface area contributed by atoms with Crippen molar-refractivity contribution in [3.63, 3.8) is 0 Å². The van der Waals surface area contributed by atoms with Crippen molar-refractivity contribution in [2.45, 2.75) is 38.3 Å². The molecule has 0 aliphatic heterocycles. The predicted molar refractivity (Wildman–Crippen MR) is 100 cm³/mol. The van der Waals surface area contributed by atoms with E-state index in [-0.39, 0.29) is 23.8 Å². The Labute approximate surface area is 162 Å². The van der Waals surface area contributed by atoms with E-state index in [4.69, 9.17) is 14.6 Å². The van der Waals surface area contributed by atoms with Crippen LogP contribution in [-0.4, -0.2) is 30.2 Å². The summed E-state index contributed by atoms with van der Waals surface area (Å²) in [6.45, 7) is 0.171. The van der Waals surface area contributed by atoms with Gasteiger partial charge in [0.15, 0.2) is 11.5 Å². The monoisotopic (exact) mass is 387 g/mol. The van der Waals surface area contributed by atoms with E-state index >= 15 is 0 Å². The first-order chi connectivity index (χ1) is 13.5. The van der Waals surface area contributed by atoms with Crippen molar-refractivity contribution in [2.24, 2.45) is 0 Å². The van der Waals surface area contributed by atoms with E-state index in [1.165, 1.54) is 6.07 Å². The molecule has 1 aliphatic rings. The summed E-state index contributed by atoms with van der Waals surface area (Å²) in [5.74, 6) is -1.50. The lowest BCUT2D eigenvalue weighted by molar-refractivity contribution is 0.0695. The second-order valence-corrected chi connectivity index (χ2v) is 6.69. The first-order valence-corrected chi connectivity index (χ1v) is 9.12. The average molecular weight is 387 g/mol. The number of carboxylic acids is 1. The lowest BCUT2D eigenvalue weighted by Crippen LogP contribution is -2.24. The molecular weight excluding hydrogens is 365 g/mol. The molecule has 1 amide bonds. The molecule has 0 radical (unpaired) electrons. The van der Waals surface area contributed by atoms with Gasteiger partial charge in [-0.3, -0.25) is 4.79 Å². The number of benzene rings is 2. The molecule has 0 atom stereocenters. The van der Waals surface area contributed by atoms with Gasteiger partial charge in [0.05, 0.1) is 24.3 Å². The van der Waals surface area contributed by atoms with Crippen molar-refractivity contribution < 1.29 is 28.6 Å². The maximum atomic E-state index is 14.0. The van der Waals surface area contributed by atoms with E-state index in [1.54, 1.807) is 25.3 Å². The summed E-state index contributed by atoms with van der Waals surface area (Å²) < 4.78 is 25.4. The fourth-order valence-corrected chi connectivity index (χ4v) is 3.22. The minimum absolute atomic E-state index is 0.167. The number of hydrogen-bond acceptors (Lipinski definition) is 4. The minimum atomic E-state index is -1.25. The van der Waals surface area contributed by atoms with Gasteiger partial charge in [0.2, 0.25) is 0 Å². The molecule has 7 heteroatoms. The molecule has 1 fully saturated rings. The smallest absolute Gasteiger partial charge is 0.335 e. The Balaban J connectivity index is 1.68. The highest BCUT2D eigenvalue weighted by Gasteiger charge is 2.19. The van der Waals surface area contributed by atoms with Crippen LogP contribution in [0.4, 0.5) is 4.39 Å². The number of aromatic carboxylic acids is 1. The highest BCUT2D eigenvalue weighted by Crippen LogP contribution is 2.32.